The van der Waals surface area contributed by atoms with E-state index in [2.05, 4.69) is 34.6 Å². The van der Waals surface area contributed by atoms with Crippen LogP contribution in [0.5, 0.6) is 0 Å². The topological polar surface area (TPSA) is 17.1 Å². The molecule has 0 aromatic heterocycles. The Morgan fingerprint density at radius 2 is 1.23 bits per heavy atom. The summed E-state index contributed by atoms with van der Waals surface area (Å²) < 4.78 is 0. The second-order valence-electron chi connectivity index (χ2n) is 7.96. The van der Waals surface area contributed by atoms with E-state index in [0.717, 1.165) is 24.2 Å². The van der Waals surface area contributed by atoms with Crippen LogP contribution in [0.3, 0.4) is 0 Å². The van der Waals surface area contributed by atoms with Crippen molar-refractivity contribution in [2.75, 3.05) is 0 Å². The van der Waals surface area contributed by atoms with Gasteiger partial charge >= 0.3 is 0 Å². The quantitative estimate of drug-likeness (QED) is 0.336. The monoisotopic (exact) mass is 308 g/mol. The Morgan fingerprint density at radius 1 is 0.773 bits per heavy atom. The molecule has 0 saturated carbocycles. The second kappa shape index (κ2) is 12.9. The van der Waals surface area contributed by atoms with Gasteiger partial charge in [0, 0.05) is 0 Å². The Balaban J connectivity index is 3.60. The first kappa shape index (κ1) is 21.4. The summed E-state index contributed by atoms with van der Waals surface area (Å²) in [5.74, 6) is 2.75. The van der Waals surface area contributed by atoms with Crippen LogP contribution in [0.4, 0.5) is 0 Å². The van der Waals surface area contributed by atoms with Gasteiger partial charge in [-0.1, -0.05) is 78.2 Å². The predicted octanol–water partition coefficient (Wildman–Crippen LogP) is 6.96. The molecule has 0 aliphatic carbocycles. The van der Waals surface area contributed by atoms with Crippen LogP contribution in [-0.2, 0) is 4.79 Å². The highest BCUT2D eigenvalue weighted by Crippen LogP contribution is 2.21. The molecule has 0 fully saturated rings. The van der Waals surface area contributed by atoms with Crippen molar-refractivity contribution in [1.29, 1.82) is 0 Å². The zero-order valence-corrected chi connectivity index (χ0v) is 16.1. The highest BCUT2D eigenvalue weighted by atomic mass is 16.1. The summed E-state index contributed by atoms with van der Waals surface area (Å²) in [6.07, 6.45) is 13.7. The van der Waals surface area contributed by atoms with Crippen molar-refractivity contribution < 1.29 is 4.79 Å². The summed E-state index contributed by atoms with van der Waals surface area (Å²) in [6.45, 7) is 13.1. The molecule has 0 aliphatic rings. The third-order valence-electron chi connectivity index (χ3n) is 4.59. The summed E-state index contributed by atoms with van der Waals surface area (Å²) in [4.78, 5) is 11.0. The Bertz CT molecular complexity index is 314. The number of hydrogen-bond acceptors (Lipinski definition) is 1. The van der Waals surface area contributed by atoms with Crippen molar-refractivity contribution in [3.8, 4) is 0 Å². The molecule has 0 spiro atoms. The highest BCUT2D eigenvalue weighted by Gasteiger charge is 2.06. The number of ketones is 1. The van der Waals surface area contributed by atoms with Crippen molar-refractivity contribution in [2.24, 2.45) is 17.8 Å². The van der Waals surface area contributed by atoms with E-state index >= 15 is 0 Å². The van der Waals surface area contributed by atoms with E-state index < -0.39 is 0 Å². The summed E-state index contributed by atoms with van der Waals surface area (Å²) in [5, 5.41) is 0. The highest BCUT2D eigenvalue weighted by molar-refractivity contribution is 5.87. The molecule has 1 heteroatoms. The largest absolute Gasteiger partial charge is 0.295 e. The van der Waals surface area contributed by atoms with Gasteiger partial charge < -0.3 is 0 Å². The molecule has 2 atom stereocenters. The lowest BCUT2D eigenvalue weighted by molar-refractivity contribution is -0.112. The van der Waals surface area contributed by atoms with E-state index in [1.54, 1.807) is 13.0 Å². The normalized spacial score (nSPS) is 15.1. The molecule has 0 amide bonds. The van der Waals surface area contributed by atoms with Gasteiger partial charge in [0.05, 0.1) is 0 Å². The van der Waals surface area contributed by atoms with Gasteiger partial charge in [-0.15, -0.1) is 0 Å². The lowest BCUT2D eigenvalue weighted by Crippen LogP contribution is -2.00. The average Bonchev–Trinajstić information content (AvgIpc) is 2.37. The van der Waals surface area contributed by atoms with Crippen molar-refractivity contribution >= 4 is 5.78 Å². The Labute approximate surface area is 140 Å². The summed E-state index contributed by atoms with van der Waals surface area (Å²) in [7, 11) is 0. The molecule has 0 heterocycles. The zero-order valence-electron chi connectivity index (χ0n) is 16.1. The second-order valence-corrected chi connectivity index (χ2v) is 7.96. The fourth-order valence-electron chi connectivity index (χ4n) is 3.13. The van der Waals surface area contributed by atoms with Gasteiger partial charge in [-0.3, -0.25) is 4.79 Å². The van der Waals surface area contributed by atoms with Gasteiger partial charge in [0.15, 0.2) is 5.78 Å². The van der Waals surface area contributed by atoms with Gasteiger partial charge in [-0.05, 0) is 50.5 Å². The van der Waals surface area contributed by atoms with Crippen LogP contribution in [0.1, 0.15) is 99.3 Å². The van der Waals surface area contributed by atoms with Crippen LogP contribution < -0.4 is 0 Å². The van der Waals surface area contributed by atoms with E-state index in [4.69, 9.17) is 0 Å². The minimum absolute atomic E-state index is 0.178. The third-order valence-corrected chi connectivity index (χ3v) is 4.59. The van der Waals surface area contributed by atoms with Gasteiger partial charge in [0.2, 0.25) is 0 Å². The molecule has 0 aromatic carbocycles. The molecule has 2 unspecified atom stereocenters. The van der Waals surface area contributed by atoms with Crippen LogP contribution in [-0.4, -0.2) is 5.78 Å². The fourth-order valence-corrected chi connectivity index (χ4v) is 3.13. The van der Waals surface area contributed by atoms with E-state index in [1.807, 2.05) is 0 Å². The first-order valence-corrected chi connectivity index (χ1v) is 9.49. The van der Waals surface area contributed by atoms with Crippen LogP contribution in [0.15, 0.2) is 11.6 Å². The van der Waals surface area contributed by atoms with Crippen LogP contribution >= 0.6 is 0 Å². The maximum Gasteiger partial charge on any atom is 0.152 e. The van der Waals surface area contributed by atoms with Crippen molar-refractivity contribution in [2.45, 2.75) is 99.3 Å². The van der Waals surface area contributed by atoms with Crippen molar-refractivity contribution in [1.82, 2.24) is 0 Å². The number of carbonyl (C=O) groups is 1. The van der Waals surface area contributed by atoms with E-state index in [1.165, 1.54) is 56.9 Å². The molecule has 1 nitrogen and oxygen atoms in total. The van der Waals surface area contributed by atoms with Gasteiger partial charge in [0.25, 0.3) is 0 Å². The van der Waals surface area contributed by atoms with Crippen LogP contribution in [0.2, 0.25) is 0 Å². The Kier molecular flexibility index (Phi) is 12.6. The minimum atomic E-state index is 0.178. The molecular formula is C21H40O. The van der Waals surface area contributed by atoms with E-state index in [-0.39, 0.29) is 5.78 Å². The van der Waals surface area contributed by atoms with Gasteiger partial charge in [-0.2, -0.15) is 0 Å². The Hall–Kier alpha value is -0.590. The number of allylic oxidation sites excluding steroid dienone is 2. The standard InChI is InChI=1S/C21H40O/c1-17(2)10-7-11-18(3)12-8-13-19(4)14-9-15-20(5)16-21(6)22/h16-19H,7-15H2,1-6H3. The molecule has 0 radical (unpaired) electrons. The molecular weight excluding hydrogens is 268 g/mol. The van der Waals surface area contributed by atoms with Crippen molar-refractivity contribution in [3.05, 3.63) is 11.6 Å². The first-order chi connectivity index (χ1) is 10.3. The molecule has 0 aliphatic heterocycles. The smallest absolute Gasteiger partial charge is 0.152 e. The summed E-state index contributed by atoms with van der Waals surface area (Å²) in [6, 6.07) is 0. The van der Waals surface area contributed by atoms with Crippen LogP contribution in [0.25, 0.3) is 0 Å². The van der Waals surface area contributed by atoms with Gasteiger partial charge in [-0.25, -0.2) is 0 Å². The SMILES string of the molecule is CC(=O)C=C(C)CCCC(C)CCCC(C)CCCC(C)C. The fraction of sp³-hybridized carbons (Fsp3) is 0.857. The summed E-state index contributed by atoms with van der Waals surface area (Å²) >= 11 is 0. The lowest BCUT2D eigenvalue weighted by Gasteiger charge is -2.15. The van der Waals surface area contributed by atoms with E-state index in [9.17, 15) is 4.79 Å². The molecule has 0 rings (SSSR count). The van der Waals surface area contributed by atoms with Crippen molar-refractivity contribution in [3.63, 3.8) is 0 Å². The molecule has 0 N–H and O–H groups in total. The molecule has 0 saturated heterocycles. The molecule has 0 bridgehead atoms. The Morgan fingerprint density at radius 3 is 1.68 bits per heavy atom. The predicted molar refractivity (Wildman–Crippen MR) is 99.2 cm³/mol. The molecule has 22 heavy (non-hydrogen) atoms. The lowest BCUT2D eigenvalue weighted by atomic mass is 9.91. The summed E-state index contributed by atoms with van der Waals surface area (Å²) in [5.41, 5.74) is 1.23. The average molecular weight is 309 g/mol. The maximum atomic E-state index is 11.0. The zero-order chi connectivity index (χ0) is 17.0. The number of carbonyl (C=O) groups excluding carboxylic acids is 1. The number of hydrogen-bond donors (Lipinski definition) is 0. The first-order valence-electron chi connectivity index (χ1n) is 9.49. The maximum absolute atomic E-state index is 11.0. The number of rotatable bonds is 13. The van der Waals surface area contributed by atoms with E-state index in [0.29, 0.717) is 0 Å². The molecule has 0 aromatic rings. The van der Waals surface area contributed by atoms with Gasteiger partial charge in [0.1, 0.15) is 0 Å². The van der Waals surface area contributed by atoms with Crippen LogP contribution in [0, 0.1) is 17.8 Å². The third kappa shape index (κ3) is 14.4. The minimum Gasteiger partial charge on any atom is -0.295 e. The molecule has 130 valence electrons.